The first kappa shape index (κ1) is 8.02. The van der Waals surface area contributed by atoms with E-state index >= 15 is 0 Å². The minimum Gasteiger partial charge on any atom is -0.380 e. The van der Waals surface area contributed by atoms with Crippen molar-refractivity contribution in [3.63, 3.8) is 0 Å². The molecule has 2 heteroatoms. The standard InChI is InChI=1S/C8H17NO.H2/c1-7(2)5-9-8-3-4-10-6-8;/h7-9H,3-6H2,1-2H3;1H. The van der Waals surface area contributed by atoms with Gasteiger partial charge in [-0.25, -0.2) is 0 Å². The second-order valence-electron chi connectivity index (χ2n) is 3.36. The predicted molar refractivity (Wildman–Crippen MR) is 44.2 cm³/mol. The Labute approximate surface area is 64.4 Å². The average molecular weight is 145 g/mol. The zero-order chi connectivity index (χ0) is 7.40. The first-order valence-corrected chi connectivity index (χ1v) is 4.10. The molecule has 0 aliphatic carbocycles. The number of nitrogens with one attached hydrogen (secondary N) is 1. The lowest BCUT2D eigenvalue weighted by Crippen LogP contribution is -2.32. The Bertz CT molecular complexity index is 92.1. The van der Waals surface area contributed by atoms with E-state index in [1.807, 2.05) is 0 Å². The Balaban J connectivity index is 0.000001000. The second-order valence-corrected chi connectivity index (χ2v) is 3.36. The van der Waals surface area contributed by atoms with Crippen molar-refractivity contribution in [3.8, 4) is 0 Å². The van der Waals surface area contributed by atoms with Crippen LogP contribution >= 0.6 is 0 Å². The van der Waals surface area contributed by atoms with E-state index in [2.05, 4.69) is 19.2 Å². The number of ether oxygens (including phenoxy) is 1. The summed E-state index contributed by atoms with van der Waals surface area (Å²) in [6, 6.07) is 0.627. The van der Waals surface area contributed by atoms with Crippen LogP contribution in [0.25, 0.3) is 0 Å². The van der Waals surface area contributed by atoms with Crippen molar-refractivity contribution >= 4 is 0 Å². The van der Waals surface area contributed by atoms with E-state index in [9.17, 15) is 0 Å². The molecule has 1 N–H and O–H groups in total. The maximum atomic E-state index is 5.23. The van der Waals surface area contributed by atoms with Crippen LogP contribution in [0.1, 0.15) is 21.7 Å². The van der Waals surface area contributed by atoms with Crippen LogP contribution in [-0.4, -0.2) is 25.8 Å². The van der Waals surface area contributed by atoms with Crippen LogP contribution in [0.4, 0.5) is 0 Å². The van der Waals surface area contributed by atoms with Gasteiger partial charge in [-0.05, 0) is 18.9 Å². The minimum atomic E-state index is 0. The van der Waals surface area contributed by atoms with Crippen LogP contribution < -0.4 is 5.32 Å². The molecular weight excluding hydrogens is 126 g/mol. The van der Waals surface area contributed by atoms with Gasteiger partial charge in [0, 0.05) is 14.1 Å². The van der Waals surface area contributed by atoms with Gasteiger partial charge in [0.05, 0.1) is 6.61 Å². The van der Waals surface area contributed by atoms with E-state index in [0.29, 0.717) is 6.04 Å². The molecule has 0 aromatic carbocycles. The van der Waals surface area contributed by atoms with Gasteiger partial charge in [0.25, 0.3) is 0 Å². The quantitative estimate of drug-likeness (QED) is 0.645. The lowest BCUT2D eigenvalue weighted by molar-refractivity contribution is 0.189. The molecule has 0 spiro atoms. The summed E-state index contributed by atoms with van der Waals surface area (Å²) < 4.78 is 5.23. The van der Waals surface area contributed by atoms with E-state index in [1.54, 1.807) is 0 Å². The van der Waals surface area contributed by atoms with Crippen LogP contribution in [-0.2, 0) is 4.74 Å². The smallest absolute Gasteiger partial charge is 0.0620 e. The molecule has 0 aromatic rings. The van der Waals surface area contributed by atoms with E-state index in [1.165, 1.54) is 6.42 Å². The van der Waals surface area contributed by atoms with Gasteiger partial charge in [0.1, 0.15) is 0 Å². The maximum absolute atomic E-state index is 5.23. The molecule has 1 fully saturated rings. The van der Waals surface area contributed by atoms with E-state index in [0.717, 1.165) is 25.7 Å². The van der Waals surface area contributed by atoms with Crippen LogP contribution in [0, 0.1) is 5.92 Å². The summed E-state index contributed by atoms with van der Waals surface area (Å²) >= 11 is 0. The summed E-state index contributed by atoms with van der Waals surface area (Å²) in [6.45, 7) is 7.42. The highest BCUT2D eigenvalue weighted by Crippen LogP contribution is 2.03. The molecule has 0 radical (unpaired) electrons. The Morgan fingerprint density at radius 2 is 2.50 bits per heavy atom. The van der Waals surface area contributed by atoms with Crippen molar-refractivity contribution in [1.82, 2.24) is 5.32 Å². The summed E-state index contributed by atoms with van der Waals surface area (Å²) in [7, 11) is 0. The molecule has 1 heterocycles. The molecule has 2 nitrogen and oxygen atoms in total. The third-order valence-electron chi connectivity index (χ3n) is 1.74. The number of hydrogen-bond acceptors (Lipinski definition) is 2. The van der Waals surface area contributed by atoms with Gasteiger partial charge < -0.3 is 10.1 Å². The zero-order valence-corrected chi connectivity index (χ0v) is 6.89. The SMILES string of the molecule is CC(C)CNC1CCOC1.[HH]. The topological polar surface area (TPSA) is 21.3 Å². The predicted octanol–water partition coefficient (Wildman–Crippen LogP) is 1.27. The minimum absolute atomic E-state index is 0. The summed E-state index contributed by atoms with van der Waals surface area (Å²) in [5.74, 6) is 0.751. The highest BCUT2D eigenvalue weighted by atomic mass is 16.5. The van der Waals surface area contributed by atoms with E-state index < -0.39 is 0 Å². The number of hydrogen-bond donors (Lipinski definition) is 1. The van der Waals surface area contributed by atoms with Crippen molar-refractivity contribution in [2.75, 3.05) is 19.8 Å². The molecule has 0 aromatic heterocycles. The Morgan fingerprint density at radius 1 is 1.70 bits per heavy atom. The summed E-state index contributed by atoms with van der Waals surface area (Å²) in [5.41, 5.74) is 0. The molecule has 1 atom stereocenters. The van der Waals surface area contributed by atoms with Crippen LogP contribution in [0.5, 0.6) is 0 Å². The van der Waals surface area contributed by atoms with Gasteiger partial charge >= 0.3 is 0 Å². The van der Waals surface area contributed by atoms with Gasteiger partial charge in [-0.1, -0.05) is 13.8 Å². The fourth-order valence-corrected chi connectivity index (χ4v) is 1.10. The molecule has 1 saturated heterocycles. The van der Waals surface area contributed by atoms with Gasteiger partial charge in [-0.3, -0.25) is 0 Å². The molecule has 1 aliphatic heterocycles. The van der Waals surface area contributed by atoms with Crippen molar-refractivity contribution in [2.24, 2.45) is 5.92 Å². The summed E-state index contributed by atoms with van der Waals surface area (Å²) in [4.78, 5) is 0. The molecular formula is C8H19NO. The van der Waals surface area contributed by atoms with Gasteiger partial charge in [0.2, 0.25) is 0 Å². The molecule has 0 saturated carbocycles. The Morgan fingerprint density at radius 3 is 3.00 bits per heavy atom. The lowest BCUT2D eigenvalue weighted by Gasteiger charge is -2.11. The first-order valence-electron chi connectivity index (χ1n) is 4.10. The highest BCUT2D eigenvalue weighted by molar-refractivity contribution is 4.71. The first-order chi connectivity index (χ1) is 4.79. The van der Waals surface area contributed by atoms with Gasteiger partial charge in [-0.15, -0.1) is 0 Å². The van der Waals surface area contributed by atoms with E-state index in [-0.39, 0.29) is 1.43 Å². The van der Waals surface area contributed by atoms with Crippen molar-refractivity contribution in [3.05, 3.63) is 0 Å². The van der Waals surface area contributed by atoms with Gasteiger partial charge in [-0.2, -0.15) is 0 Å². The molecule has 0 bridgehead atoms. The third kappa shape index (κ3) is 2.67. The fraction of sp³-hybridized carbons (Fsp3) is 1.00. The lowest BCUT2D eigenvalue weighted by atomic mass is 10.2. The Kier molecular flexibility index (Phi) is 3.16. The zero-order valence-electron chi connectivity index (χ0n) is 6.89. The van der Waals surface area contributed by atoms with Crippen LogP contribution in [0.15, 0.2) is 0 Å². The normalized spacial score (nSPS) is 26.1. The van der Waals surface area contributed by atoms with E-state index in [4.69, 9.17) is 4.74 Å². The summed E-state index contributed by atoms with van der Waals surface area (Å²) in [5, 5.41) is 3.46. The fourth-order valence-electron chi connectivity index (χ4n) is 1.10. The van der Waals surface area contributed by atoms with Crippen molar-refractivity contribution in [1.29, 1.82) is 0 Å². The molecule has 1 rings (SSSR count). The monoisotopic (exact) mass is 145 g/mol. The van der Waals surface area contributed by atoms with Crippen LogP contribution in [0.2, 0.25) is 0 Å². The largest absolute Gasteiger partial charge is 0.380 e. The third-order valence-corrected chi connectivity index (χ3v) is 1.74. The molecule has 1 aliphatic rings. The summed E-state index contributed by atoms with van der Waals surface area (Å²) in [6.07, 6.45) is 1.19. The molecule has 1 unspecified atom stereocenters. The maximum Gasteiger partial charge on any atom is 0.0620 e. The van der Waals surface area contributed by atoms with Crippen LogP contribution in [0.3, 0.4) is 0 Å². The highest BCUT2D eigenvalue weighted by Gasteiger charge is 2.14. The van der Waals surface area contributed by atoms with Crippen molar-refractivity contribution < 1.29 is 6.16 Å². The second kappa shape index (κ2) is 3.94. The molecule has 0 amide bonds. The Hall–Kier alpha value is -0.0800. The van der Waals surface area contributed by atoms with Gasteiger partial charge in [0.15, 0.2) is 0 Å². The molecule has 62 valence electrons. The van der Waals surface area contributed by atoms with Crippen molar-refractivity contribution in [2.45, 2.75) is 26.3 Å². The number of rotatable bonds is 3. The molecule has 10 heavy (non-hydrogen) atoms. The average Bonchev–Trinajstić information content (AvgIpc) is 2.34.